The Labute approximate surface area is 160 Å². The monoisotopic (exact) mass is 490 g/mol. The van der Waals surface area contributed by atoms with Crippen molar-refractivity contribution in [2.45, 2.75) is 67.2 Å². The molecule has 0 atom stereocenters. The average molecular weight is 489 g/mol. The van der Waals surface area contributed by atoms with E-state index in [0.717, 1.165) is 25.7 Å². The van der Waals surface area contributed by atoms with Crippen LogP contribution < -0.4 is 0 Å². The van der Waals surface area contributed by atoms with Crippen LogP contribution in [0.15, 0.2) is 35.5 Å². The van der Waals surface area contributed by atoms with Crippen LogP contribution in [-0.2, 0) is 25.8 Å². The maximum Gasteiger partial charge on any atom is 0 e. The molecule has 0 aromatic carbocycles. The van der Waals surface area contributed by atoms with E-state index >= 15 is 0 Å². The Morgan fingerprint density at radius 3 is 1.22 bits per heavy atom. The summed E-state index contributed by atoms with van der Waals surface area (Å²) in [4.78, 5) is 0. The van der Waals surface area contributed by atoms with Crippen molar-refractivity contribution >= 4 is 0 Å². The molecule has 132 valence electrons. The predicted molar refractivity (Wildman–Crippen MR) is 94.2 cm³/mol. The molecule has 0 saturated heterocycles. The smallest absolute Gasteiger partial charge is 0 e. The van der Waals surface area contributed by atoms with Crippen LogP contribution in [0.1, 0.15) is 67.2 Å². The van der Waals surface area contributed by atoms with Crippen LogP contribution in [0.5, 0.6) is 0 Å². The molecule has 23 heavy (non-hydrogen) atoms. The van der Waals surface area contributed by atoms with Gasteiger partial charge in [-0.2, -0.15) is 12.2 Å². The van der Waals surface area contributed by atoms with E-state index in [1.54, 1.807) is 0 Å². The number of rotatable bonds is 2. The Morgan fingerprint density at radius 2 is 1.04 bits per heavy atom. The van der Waals surface area contributed by atoms with E-state index in [9.17, 15) is 0 Å². The van der Waals surface area contributed by atoms with Gasteiger partial charge >= 0.3 is 0 Å². The van der Waals surface area contributed by atoms with Crippen molar-refractivity contribution in [3.8, 4) is 0 Å². The zero-order valence-corrected chi connectivity index (χ0v) is 19.0. The first-order chi connectivity index (χ1) is 9.16. The Hall–Kier alpha value is -0.310. The van der Waals surface area contributed by atoms with E-state index in [2.05, 4.69) is 78.0 Å². The minimum absolute atomic E-state index is 0. The minimum atomic E-state index is 0. The predicted octanol–water partition coefficient (Wildman–Crippen LogP) is 6.53. The van der Waals surface area contributed by atoms with Crippen LogP contribution in [0.2, 0.25) is 0 Å². The molecule has 0 saturated carbocycles. The standard InChI is InChI=1S/2C10H15.2FH.Hf/c2*1-10(2,3)8-9-6-4-5-7-9;;;/h2*4,6H,5,8H2,1-3H3;2*1H;/q2*-1;;;. The van der Waals surface area contributed by atoms with Crippen molar-refractivity contribution in [2.24, 2.45) is 10.8 Å². The third-order valence-electron chi connectivity index (χ3n) is 2.97. The molecule has 2 rings (SSSR count). The van der Waals surface area contributed by atoms with Crippen molar-refractivity contribution in [3.63, 3.8) is 0 Å². The fourth-order valence-corrected chi connectivity index (χ4v) is 2.29. The average Bonchev–Trinajstić information content (AvgIpc) is 2.87. The molecule has 0 bridgehead atoms. The van der Waals surface area contributed by atoms with E-state index < -0.39 is 0 Å². The summed E-state index contributed by atoms with van der Waals surface area (Å²) >= 11 is 0. The zero-order chi connectivity index (χ0) is 15.2. The summed E-state index contributed by atoms with van der Waals surface area (Å²) in [6.45, 7) is 13.5. The number of allylic oxidation sites excluding steroid dienone is 8. The van der Waals surface area contributed by atoms with Gasteiger partial charge in [-0.1, -0.05) is 54.4 Å². The molecule has 0 nitrogen and oxygen atoms in total. The van der Waals surface area contributed by atoms with Gasteiger partial charge in [0.1, 0.15) is 0 Å². The first-order valence-corrected chi connectivity index (χ1v) is 7.68. The number of halogens is 2. The van der Waals surface area contributed by atoms with Crippen LogP contribution in [-0.4, -0.2) is 0 Å². The van der Waals surface area contributed by atoms with Crippen molar-refractivity contribution in [2.75, 3.05) is 0 Å². The van der Waals surface area contributed by atoms with Crippen molar-refractivity contribution < 1.29 is 35.3 Å². The van der Waals surface area contributed by atoms with E-state index in [-0.39, 0.29) is 35.3 Å². The second kappa shape index (κ2) is 12.1. The minimum Gasteiger partial charge on any atom is -0.269 e. The zero-order valence-electron chi connectivity index (χ0n) is 15.5. The van der Waals surface area contributed by atoms with E-state index in [4.69, 9.17) is 0 Å². The van der Waals surface area contributed by atoms with Crippen LogP contribution in [0, 0.1) is 23.0 Å². The van der Waals surface area contributed by atoms with Gasteiger partial charge < -0.3 is 0 Å². The van der Waals surface area contributed by atoms with Gasteiger partial charge in [0.25, 0.3) is 0 Å². The molecule has 0 spiro atoms. The van der Waals surface area contributed by atoms with E-state index in [1.807, 2.05) is 0 Å². The maximum atomic E-state index is 3.32. The van der Waals surface area contributed by atoms with Gasteiger partial charge in [-0.3, -0.25) is 21.6 Å². The second-order valence-corrected chi connectivity index (χ2v) is 8.09. The number of hydrogen-bond donors (Lipinski definition) is 0. The second-order valence-electron chi connectivity index (χ2n) is 8.09. The molecule has 0 aromatic rings. The summed E-state index contributed by atoms with van der Waals surface area (Å²) in [5, 5.41) is 0. The molecule has 0 aromatic heterocycles. The van der Waals surface area contributed by atoms with Gasteiger partial charge in [-0.25, -0.2) is 23.3 Å². The summed E-state index contributed by atoms with van der Waals surface area (Å²) in [6, 6.07) is 0. The van der Waals surface area contributed by atoms with Crippen molar-refractivity contribution in [3.05, 3.63) is 47.6 Å². The summed E-state index contributed by atoms with van der Waals surface area (Å²) in [5.41, 5.74) is 3.59. The van der Waals surface area contributed by atoms with Gasteiger partial charge in [0.05, 0.1) is 0 Å². The molecule has 2 aliphatic rings. The van der Waals surface area contributed by atoms with Gasteiger partial charge in [-0.15, -0.1) is 12.8 Å². The fraction of sp³-hybridized carbons (Fsp3) is 0.600. The molecule has 0 fully saturated rings. The third-order valence-corrected chi connectivity index (χ3v) is 2.97. The molecular formula is C20H32F2Hf-2. The molecule has 0 unspecified atom stereocenters. The quantitative estimate of drug-likeness (QED) is 0.306. The molecule has 3 heteroatoms. The van der Waals surface area contributed by atoms with Crippen LogP contribution >= 0.6 is 0 Å². The summed E-state index contributed by atoms with van der Waals surface area (Å²) in [5.74, 6) is 0. The van der Waals surface area contributed by atoms with Crippen LogP contribution in [0.25, 0.3) is 0 Å². The molecule has 0 radical (unpaired) electrons. The van der Waals surface area contributed by atoms with Crippen molar-refractivity contribution in [1.29, 1.82) is 0 Å². The number of hydrogen-bond acceptors (Lipinski definition) is 0. The van der Waals surface area contributed by atoms with Crippen molar-refractivity contribution in [1.82, 2.24) is 0 Å². The fourth-order valence-electron chi connectivity index (χ4n) is 2.29. The third kappa shape index (κ3) is 15.0. The van der Waals surface area contributed by atoms with Crippen LogP contribution in [0.3, 0.4) is 0 Å². The first kappa shape index (κ1) is 27.5. The molecular weight excluding hydrogens is 457 g/mol. The Kier molecular flexibility index (Phi) is 14.5. The maximum absolute atomic E-state index is 3.32. The molecule has 0 heterocycles. The molecule has 0 N–H and O–H groups in total. The molecule has 0 aliphatic heterocycles. The van der Waals surface area contributed by atoms with E-state index in [0.29, 0.717) is 10.8 Å². The van der Waals surface area contributed by atoms with Crippen LogP contribution in [0.4, 0.5) is 9.41 Å². The van der Waals surface area contributed by atoms with Gasteiger partial charge in [-0.05, 0) is 10.8 Å². The van der Waals surface area contributed by atoms with Gasteiger partial charge in [0.15, 0.2) is 0 Å². The Bertz CT molecular complexity index is 388. The van der Waals surface area contributed by atoms with Gasteiger partial charge in [0, 0.05) is 25.8 Å². The topological polar surface area (TPSA) is 0 Å². The summed E-state index contributed by atoms with van der Waals surface area (Å²) in [6.07, 6.45) is 19.7. The molecule has 0 amide bonds. The normalized spacial score (nSPS) is 15.4. The van der Waals surface area contributed by atoms with E-state index in [1.165, 1.54) is 11.1 Å². The Morgan fingerprint density at radius 1 is 0.739 bits per heavy atom. The first-order valence-electron chi connectivity index (χ1n) is 7.68. The van der Waals surface area contributed by atoms with Gasteiger partial charge in [0.2, 0.25) is 0 Å². The Balaban J connectivity index is -0.000000308. The SMILES string of the molecule is CC(C)(C)CC1=[C-]CC=C1.CC(C)(C)CC1=[C-]CC=C1.F.F.[Hf]. The summed E-state index contributed by atoms with van der Waals surface area (Å²) in [7, 11) is 0. The molecule has 2 aliphatic carbocycles. The largest absolute Gasteiger partial charge is 0.269 e. The summed E-state index contributed by atoms with van der Waals surface area (Å²) < 4.78 is 0.